The molecule has 0 aliphatic heterocycles. The van der Waals surface area contributed by atoms with E-state index in [1.165, 1.54) is 0 Å². The Kier molecular flexibility index (Phi) is 6.15. The zero-order chi connectivity index (χ0) is 14.5. The Labute approximate surface area is 109 Å². The van der Waals surface area contributed by atoms with Crippen LogP contribution >= 0.6 is 0 Å². The van der Waals surface area contributed by atoms with Gasteiger partial charge >= 0.3 is 12.1 Å². The summed E-state index contributed by atoms with van der Waals surface area (Å²) in [4.78, 5) is 22.5. The largest absolute Gasteiger partial charge is 0.481 e. The third-order valence-corrected chi connectivity index (χ3v) is 2.78. The number of rotatable bonds is 5. The first-order valence-electron chi connectivity index (χ1n) is 6.24. The smallest absolute Gasteiger partial charge is 0.407 e. The minimum Gasteiger partial charge on any atom is -0.481 e. The fourth-order valence-corrected chi connectivity index (χ4v) is 1.48. The van der Waals surface area contributed by atoms with Gasteiger partial charge in [-0.1, -0.05) is 20.8 Å². The summed E-state index contributed by atoms with van der Waals surface area (Å²) in [7, 11) is 0. The summed E-state index contributed by atoms with van der Waals surface area (Å²) in [5.74, 6) is -0.582. The zero-order valence-electron chi connectivity index (χ0n) is 12.1. The van der Waals surface area contributed by atoms with E-state index in [4.69, 9.17) is 9.84 Å². The molecule has 0 fully saturated rings. The molecule has 106 valence electrons. The van der Waals surface area contributed by atoms with Gasteiger partial charge in [0.15, 0.2) is 0 Å². The molecule has 0 spiro atoms. The highest BCUT2D eigenvalue weighted by Crippen LogP contribution is 2.18. The van der Waals surface area contributed by atoms with E-state index in [9.17, 15) is 9.59 Å². The molecular weight excluding hydrogens is 234 g/mol. The molecule has 0 aromatic rings. The van der Waals surface area contributed by atoms with Crippen molar-refractivity contribution in [2.45, 2.75) is 59.6 Å². The lowest BCUT2D eigenvalue weighted by molar-refractivity contribution is -0.137. The third-order valence-electron chi connectivity index (χ3n) is 2.78. The lowest BCUT2D eigenvalue weighted by Gasteiger charge is -2.28. The molecule has 0 radical (unpaired) electrons. The molecule has 0 aliphatic rings. The van der Waals surface area contributed by atoms with Crippen LogP contribution in [0, 0.1) is 11.8 Å². The fourth-order valence-electron chi connectivity index (χ4n) is 1.48. The van der Waals surface area contributed by atoms with Crippen LogP contribution in [0.5, 0.6) is 0 Å². The van der Waals surface area contributed by atoms with Crippen molar-refractivity contribution in [3.8, 4) is 0 Å². The Balaban J connectivity index is 4.59. The summed E-state index contributed by atoms with van der Waals surface area (Å²) in [6, 6.07) is -0.419. The first-order valence-corrected chi connectivity index (χ1v) is 6.24. The summed E-state index contributed by atoms with van der Waals surface area (Å²) in [6.45, 7) is 11.2. The van der Waals surface area contributed by atoms with E-state index in [0.717, 1.165) is 0 Å². The van der Waals surface area contributed by atoms with Crippen molar-refractivity contribution in [1.29, 1.82) is 0 Å². The lowest BCUT2D eigenvalue weighted by atomic mass is 9.88. The highest BCUT2D eigenvalue weighted by molar-refractivity contribution is 5.71. The molecular formula is C13H25NO4. The normalized spacial score (nSPS) is 15.1. The third kappa shape index (κ3) is 7.14. The molecule has 0 heterocycles. The van der Waals surface area contributed by atoms with Crippen molar-refractivity contribution in [1.82, 2.24) is 5.32 Å². The number of nitrogens with one attached hydrogen (secondary N) is 1. The number of hydrogen-bond acceptors (Lipinski definition) is 3. The monoisotopic (exact) mass is 259 g/mol. The van der Waals surface area contributed by atoms with Crippen LogP contribution < -0.4 is 5.32 Å². The van der Waals surface area contributed by atoms with Gasteiger partial charge in [0, 0.05) is 6.04 Å². The van der Waals surface area contributed by atoms with Gasteiger partial charge < -0.3 is 15.2 Å². The van der Waals surface area contributed by atoms with Crippen LogP contribution in [0.4, 0.5) is 4.79 Å². The van der Waals surface area contributed by atoms with E-state index < -0.39 is 23.7 Å². The Morgan fingerprint density at radius 2 is 1.72 bits per heavy atom. The van der Waals surface area contributed by atoms with Gasteiger partial charge in [0.05, 0.1) is 6.42 Å². The van der Waals surface area contributed by atoms with Gasteiger partial charge in [0.2, 0.25) is 0 Å². The molecule has 0 aromatic carbocycles. The molecule has 0 aliphatic carbocycles. The van der Waals surface area contributed by atoms with E-state index in [1.54, 1.807) is 20.8 Å². The van der Waals surface area contributed by atoms with Crippen LogP contribution in [0.3, 0.4) is 0 Å². The standard InChI is InChI=1S/C13H25NO4/c1-8(2)9(3)10(7-11(15)16)14-12(17)18-13(4,5)6/h8-10H,7H2,1-6H3,(H,14,17)(H,15,16)/t9?,10-/m0/s1. The average Bonchev–Trinajstić information content (AvgIpc) is 2.11. The molecule has 2 N–H and O–H groups in total. The summed E-state index contributed by atoms with van der Waals surface area (Å²) in [5, 5.41) is 11.5. The molecule has 0 bridgehead atoms. The van der Waals surface area contributed by atoms with Gasteiger partial charge in [-0.25, -0.2) is 4.79 Å². The van der Waals surface area contributed by atoms with Crippen LogP contribution in [-0.4, -0.2) is 28.8 Å². The maximum absolute atomic E-state index is 11.7. The zero-order valence-corrected chi connectivity index (χ0v) is 12.1. The van der Waals surface area contributed by atoms with E-state index >= 15 is 0 Å². The van der Waals surface area contributed by atoms with Crippen molar-refractivity contribution in [3.63, 3.8) is 0 Å². The molecule has 0 saturated carbocycles. The summed E-state index contributed by atoms with van der Waals surface area (Å²) < 4.78 is 5.14. The van der Waals surface area contributed by atoms with E-state index in [1.807, 2.05) is 20.8 Å². The van der Waals surface area contributed by atoms with Crippen molar-refractivity contribution < 1.29 is 19.4 Å². The van der Waals surface area contributed by atoms with Crippen molar-refractivity contribution in [2.75, 3.05) is 0 Å². The second-order valence-corrected chi connectivity index (χ2v) is 5.95. The van der Waals surface area contributed by atoms with Crippen LogP contribution in [0.15, 0.2) is 0 Å². The minimum atomic E-state index is -0.927. The maximum Gasteiger partial charge on any atom is 0.407 e. The van der Waals surface area contributed by atoms with Crippen LogP contribution in [0.1, 0.15) is 48.0 Å². The topological polar surface area (TPSA) is 75.6 Å². The summed E-state index contributed by atoms with van der Waals surface area (Å²) in [5.41, 5.74) is -0.584. The highest BCUT2D eigenvalue weighted by atomic mass is 16.6. The van der Waals surface area contributed by atoms with Gasteiger partial charge in [0.25, 0.3) is 0 Å². The fraction of sp³-hybridized carbons (Fsp3) is 0.846. The van der Waals surface area contributed by atoms with Gasteiger partial charge in [-0.15, -0.1) is 0 Å². The van der Waals surface area contributed by atoms with Gasteiger partial charge in [-0.05, 0) is 32.6 Å². The van der Waals surface area contributed by atoms with E-state index in [-0.39, 0.29) is 18.3 Å². The summed E-state index contributed by atoms with van der Waals surface area (Å²) >= 11 is 0. The number of ether oxygens (including phenoxy) is 1. The van der Waals surface area contributed by atoms with Crippen LogP contribution in [-0.2, 0) is 9.53 Å². The SMILES string of the molecule is CC(C)C(C)[C@H](CC(=O)O)NC(=O)OC(C)(C)C. The molecule has 0 saturated heterocycles. The average molecular weight is 259 g/mol. The minimum absolute atomic E-state index is 0.0635. The number of carboxylic acids is 1. The predicted octanol–water partition coefficient (Wildman–Crippen LogP) is 2.65. The Morgan fingerprint density at radius 1 is 1.22 bits per heavy atom. The number of alkyl carbamates (subject to hydrolysis) is 1. The lowest BCUT2D eigenvalue weighted by Crippen LogP contribution is -2.44. The molecule has 5 nitrogen and oxygen atoms in total. The van der Waals surface area contributed by atoms with Crippen LogP contribution in [0.25, 0.3) is 0 Å². The molecule has 1 unspecified atom stereocenters. The number of hydrogen-bond donors (Lipinski definition) is 2. The first-order chi connectivity index (χ1) is 8.03. The van der Waals surface area contributed by atoms with Crippen molar-refractivity contribution >= 4 is 12.1 Å². The molecule has 5 heteroatoms. The Bertz CT molecular complexity index is 294. The van der Waals surface area contributed by atoms with Gasteiger partial charge in [-0.2, -0.15) is 0 Å². The molecule has 1 amide bonds. The number of carboxylic acid groups (broad SMARTS) is 1. The molecule has 0 aromatic heterocycles. The van der Waals surface area contributed by atoms with E-state index in [0.29, 0.717) is 0 Å². The first kappa shape index (κ1) is 16.7. The number of carbonyl (C=O) groups excluding carboxylic acids is 1. The van der Waals surface area contributed by atoms with E-state index in [2.05, 4.69) is 5.32 Å². The van der Waals surface area contributed by atoms with Gasteiger partial charge in [0.1, 0.15) is 5.60 Å². The van der Waals surface area contributed by atoms with Crippen LogP contribution in [0.2, 0.25) is 0 Å². The number of amides is 1. The molecule has 18 heavy (non-hydrogen) atoms. The maximum atomic E-state index is 11.7. The summed E-state index contributed by atoms with van der Waals surface area (Å²) in [6.07, 6.45) is -0.667. The Morgan fingerprint density at radius 3 is 2.06 bits per heavy atom. The predicted molar refractivity (Wildman–Crippen MR) is 69.4 cm³/mol. The second-order valence-electron chi connectivity index (χ2n) is 5.95. The highest BCUT2D eigenvalue weighted by Gasteiger charge is 2.26. The molecule has 0 rings (SSSR count). The van der Waals surface area contributed by atoms with Crippen molar-refractivity contribution in [2.24, 2.45) is 11.8 Å². The Hall–Kier alpha value is -1.26. The second kappa shape index (κ2) is 6.61. The quantitative estimate of drug-likeness (QED) is 0.795. The molecule has 2 atom stereocenters. The van der Waals surface area contributed by atoms with Crippen molar-refractivity contribution in [3.05, 3.63) is 0 Å². The van der Waals surface area contributed by atoms with Gasteiger partial charge in [-0.3, -0.25) is 4.79 Å². The number of aliphatic carboxylic acids is 1. The number of carbonyl (C=O) groups is 2.